The molecule has 6 rings (SSSR count). The number of aromatic nitrogens is 3. The molecule has 1 aromatic heterocycles. The molecule has 1 aliphatic carbocycles. The van der Waals surface area contributed by atoms with Gasteiger partial charge in [-0.05, 0) is 23.3 Å². The van der Waals surface area contributed by atoms with Crippen molar-refractivity contribution in [3.63, 3.8) is 0 Å². The minimum atomic E-state index is -2.73. The van der Waals surface area contributed by atoms with Crippen molar-refractivity contribution in [1.82, 2.24) is 13.9 Å². The van der Waals surface area contributed by atoms with Crippen LogP contribution in [0, 0.1) is 29.1 Å². The van der Waals surface area contributed by atoms with Crippen molar-refractivity contribution in [2.75, 3.05) is 4.90 Å². The first-order valence-electron chi connectivity index (χ1n) is 11.9. The van der Waals surface area contributed by atoms with Gasteiger partial charge in [0.05, 0.1) is 12.6 Å². The van der Waals surface area contributed by atoms with E-state index >= 15 is 0 Å². The Hall–Kier alpha value is -3.62. The summed E-state index contributed by atoms with van der Waals surface area (Å²) >= 11 is 20.2. The Labute approximate surface area is 245 Å². The molecule has 3 aliphatic rings. The molecule has 3 aromatic rings. The van der Waals surface area contributed by atoms with E-state index in [2.05, 4.69) is 0 Å². The Balaban J connectivity index is 1.67. The van der Waals surface area contributed by atoms with Crippen molar-refractivity contribution in [1.29, 1.82) is 0 Å². The van der Waals surface area contributed by atoms with E-state index in [1.54, 1.807) is 0 Å². The average molecular weight is 652 g/mol. The van der Waals surface area contributed by atoms with Crippen LogP contribution in [-0.2, 0) is 23.2 Å². The van der Waals surface area contributed by atoms with Crippen molar-refractivity contribution < 1.29 is 36.6 Å². The van der Waals surface area contributed by atoms with Crippen molar-refractivity contribution in [3.8, 4) is 5.75 Å². The molecule has 2 fully saturated rings. The number of nitrogens with zero attached hydrogens (tertiary/aromatic N) is 4. The number of anilines is 1. The summed E-state index contributed by atoms with van der Waals surface area (Å²) in [5.41, 5.74) is -3.37. The molecule has 1 saturated carbocycles. The molecule has 0 bridgehead atoms. The molecule has 3 heterocycles. The third kappa shape index (κ3) is 3.25. The van der Waals surface area contributed by atoms with E-state index in [1.807, 2.05) is 0 Å². The highest BCUT2D eigenvalue weighted by molar-refractivity contribution is 6.58. The summed E-state index contributed by atoms with van der Waals surface area (Å²) in [7, 11) is 1.19. The number of aromatic hydroxyl groups is 1. The Morgan fingerprint density at radius 2 is 1.50 bits per heavy atom. The zero-order chi connectivity index (χ0) is 30.8. The number of carbonyl (C=O) groups excluding carboxylic acids is 2. The lowest BCUT2D eigenvalue weighted by molar-refractivity contribution is -0.122. The first kappa shape index (κ1) is 28.5. The average Bonchev–Trinajstić information content (AvgIpc) is 3.25. The van der Waals surface area contributed by atoms with Gasteiger partial charge in [-0.25, -0.2) is 50.4 Å². The van der Waals surface area contributed by atoms with Crippen molar-refractivity contribution >= 4 is 52.3 Å². The zero-order valence-corrected chi connectivity index (χ0v) is 23.0. The number of carbonyl (C=O) groups is 2. The summed E-state index contributed by atoms with van der Waals surface area (Å²) in [5.74, 6) is -17.5. The number of hydrogen-bond acceptors (Lipinski definition) is 5. The predicted octanol–water partition coefficient (Wildman–Crippen LogP) is 3.60. The Bertz CT molecular complexity index is 1910. The lowest BCUT2D eigenvalue weighted by Crippen LogP contribution is -2.59. The van der Waals surface area contributed by atoms with Gasteiger partial charge in [-0.2, -0.15) is 0 Å². The van der Waals surface area contributed by atoms with Crippen LogP contribution in [0.2, 0.25) is 5.02 Å². The van der Waals surface area contributed by atoms with Crippen LogP contribution in [0.1, 0.15) is 23.9 Å². The molecule has 0 unspecified atom stereocenters. The van der Waals surface area contributed by atoms with E-state index in [4.69, 9.17) is 34.8 Å². The van der Waals surface area contributed by atoms with Crippen molar-refractivity contribution in [2.24, 2.45) is 7.05 Å². The smallest absolute Gasteiger partial charge is 0.347 e. The summed E-state index contributed by atoms with van der Waals surface area (Å²) in [4.78, 5) is 48.1. The standard InChI is InChI=1S/C25H14Cl3F5N4O5/c1-34-22(41)35-5-4-10-12(37(35)23(34)42)7-24(27)20(39)36(19-17(32)15(30)14(29)16(31)18(19)33)21(40)25(24,28)13(10)9-3-2-8(38)6-11(9)26/h2-4,6,12-13,38H,5,7H2,1H3/t12-,13+,24-,25+/m1/s1. The van der Waals surface area contributed by atoms with E-state index in [0.717, 1.165) is 26.1 Å². The van der Waals surface area contributed by atoms with Gasteiger partial charge in [0.1, 0.15) is 11.4 Å². The number of halogens is 8. The quantitative estimate of drug-likeness (QED) is 0.114. The molecule has 4 atom stereocenters. The van der Waals surface area contributed by atoms with E-state index in [-0.39, 0.29) is 33.4 Å². The van der Waals surface area contributed by atoms with Crippen molar-refractivity contribution in [3.05, 3.63) is 90.5 Å². The van der Waals surface area contributed by atoms with Crippen LogP contribution in [0.5, 0.6) is 5.75 Å². The third-order valence-electron chi connectivity index (χ3n) is 7.97. The van der Waals surface area contributed by atoms with Gasteiger partial charge in [0.15, 0.2) is 33.0 Å². The molecule has 42 heavy (non-hydrogen) atoms. The lowest BCUT2D eigenvalue weighted by atomic mass is 9.64. The molecule has 0 radical (unpaired) electrons. The highest BCUT2D eigenvalue weighted by Crippen LogP contribution is 2.64. The number of allylic oxidation sites excluding steroid dienone is 2. The number of alkyl halides is 2. The normalized spacial score (nSPS) is 26.7. The molecule has 1 N–H and O–H groups in total. The topological polar surface area (TPSA) is 107 Å². The van der Waals surface area contributed by atoms with Crippen LogP contribution in [0.3, 0.4) is 0 Å². The number of rotatable bonds is 2. The SMILES string of the molecule is Cn1c(=O)n2n(c1=O)[C@@H]1C[C@@]3(Cl)C(=O)N(c4c(F)c(F)c(F)c(F)c4F)C(=O)[C@@]3(Cl)[C@@H](c3ccc(O)cc3Cl)C1=CC2. The summed E-state index contributed by atoms with van der Waals surface area (Å²) in [6, 6.07) is 2.17. The number of phenolic OH excluding ortho intramolecular Hbond substituents is 1. The van der Waals surface area contributed by atoms with Gasteiger partial charge < -0.3 is 5.11 Å². The second-order valence-electron chi connectivity index (χ2n) is 9.99. The zero-order valence-electron chi connectivity index (χ0n) is 20.8. The monoisotopic (exact) mass is 650 g/mol. The second-order valence-corrected chi connectivity index (χ2v) is 11.6. The Morgan fingerprint density at radius 1 is 0.905 bits per heavy atom. The fraction of sp³-hybridized carbons (Fsp3) is 0.280. The van der Waals surface area contributed by atoms with Gasteiger partial charge in [0, 0.05) is 24.4 Å². The molecule has 220 valence electrons. The number of fused-ring (bicyclic) bond motifs is 4. The highest BCUT2D eigenvalue weighted by Gasteiger charge is 2.76. The fourth-order valence-corrected chi connectivity index (χ4v) is 7.22. The number of phenols is 1. The second kappa shape index (κ2) is 8.94. The number of benzene rings is 2. The van der Waals surface area contributed by atoms with E-state index in [9.17, 15) is 46.2 Å². The molecule has 1 saturated heterocycles. The van der Waals surface area contributed by atoms with Crippen LogP contribution in [-0.4, -0.2) is 40.6 Å². The largest absolute Gasteiger partial charge is 0.508 e. The number of amides is 2. The first-order valence-corrected chi connectivity index (χ1v) is 13.1. The van der Waals surface area contributed by atoms with Crippen LogP contribution in [0.25, 0.3) is 0 Å². The molecule has 2 aromatic carbocycles. The lowest BCUT2D eigenvalue weighted by Gasteiger charge is -2.49. The van der Waals surface area contributed by atoms with E-state index in [1.165, 1.54) is 19.2 Å². The molecule has 0 spiro atoms. The number of hydrogen-bond donors (Lipinski definition) is 1. The van der Waals surface area contributed by atoms with Crippen molar-refractivity contribution in [2.45, 2.75) is 34.7 Å². The minimum Gasteiger partial charge on any atom is -0.508 e. The van der Waals surface area contributed by atoms with Crippen LogP contribution >= 0.6 is 34.8 Å². The Morgan fingerprint density at radius 3 is 2.10 bits per heavy atom. The molecule has 2 amide bonds. The number of imide groups is 1. The van der Waals surface area contributed by atoms with Gasteiger partial charge in [-0.3, -0.25) is 9.59 Å². The summed E-state index contributed by atoms with van der Waals surface area (Å²) in [5, 5.41) is 9.72. The van der Waals surface area contributed by atoms with Gasteiger partial charge in [0.2, 0.25) is 5.82 Å². The van der Waals surface area contributed by atoms with Crippen LogP contribution in [0.4, 0.5) is 27.6 Å². The van der Waals surface area contributed by atoms with Crippen LogP contribution < -0.4 is 16.3 Å². The Kier molecular flexibility index (Phi) is 6.07. The minimum absolute atomic E-state index is 0.0365. The van der Waals surface area contributed by atoms with Gasteiger partial charge >= 0.3 is 11.4 Å². The molecular weight excluding hydrogens is 638 g/mol. The predicted molar refractivity (Wildman–Crippen MR) is 137 cm³/mol. The fourth-order valence-electron chi connectivity index (χ4n) is 6.03. The molecule has 9 nitrogen and oxygen atoms in total. The molecular formula is C25H14Cl3F5N4O5. The first-order chi connectivity index (χ1) is 19.6. The van der Waals surface area contributed by atoms with Gasteiger partial charge in [-0.15, -0.1) is 23.2 Å². The van der Waals surface area contributed by atoms with Gasteiger partial charge in [-0.1, -0.05) is 23.7 Å². The van der Waals surface area contributed by atoms with Gasteiger partial charge in [0.25, 0.3) is 11.8 Å². The maximum absolute atomic E-state index is 15.0. The third-order valence-corrected chi connectivity index (χ3v) is 9.72. The van der Waals surface area contributed by atoms with E-state index < -0.39 is 86.1 Å². The molecule has 17 heteroatoms. The van der Waals surface area contributed by atoms with E-state index in [0.29, 0.717) is 0 Å². The maximum Gasteiger partial charge on any atom is 0.347 e. The van der Waals surface area contributed by atoms with Crippen LogP contribution in [0.15, 0.2) is 39.4 Å². The summed E-state index contributed by atoms with van der Waals surface area (Å²) in [6.45, 7) is -0.224. The highest BCUT2D eigenvalue weighted by atomic mass is 35.5. The summed E-state index contributed by atoms with van der Waals surface area (Å²) < 4.78 is 74.9. The maximum atomic E-state index is 15.0. The molecule has 2 aliphatic heterocycles. The summed E-state index contributed by atoms with van der Waals surface area (Å²) in [6.07, 6.45) is 0.703.